The second-order valence-corrected chi connectivity index (χ2v) is 5.48. The van der Waals surface area contributed by atoms with Gasteiger partial charge in [0.05, 0.1) is 31.1 Å². The highest BCUT2D eigenvalue weighted by Gasteiger charge is 2.19. The number of aromatic nitrogens is 3. The van der Waals surface area contributed by atoms with Gasteiger partial charge in [-0.2, -0.15) is 0 Å². The number of nitrogens with zero attached hydrogens (tertiary/aromatic N) is 4. The van der Waals surface area contributed by atoms with Gasteiger partial charge in [0.25, 0.3) is 11.7 Å². The summed E-state index contributed by atoms with van der Waals surface area (Å²) < 4.78 is 6.93. The molecule has 3 rings (SSSR count). The van der Waals surface area contributed by atoms with Gasteiger partial charge in [-0.25, -0.2) is 9.97 Å². The fourth-order valence-corrected chi connectivity index (χ4v) is 2.51. The number of morpholine rings is 1. The fourth-order valence-electron chi connectivity index (χ4n) is 2.51. The molecule has 0 aliphatic carbocycles. The van der Waals surface area contributed by atoms with E-state index in [0.29, 0.717) is 24.6 Å². The van der Waals surface area contributed by atoms with Crippen LogP contribution >= 0.6 is 0 Å². The highest BCUT2D eigenvalue weighted by Crippen LogP contribution is 2.12. The molecule has 1 aliphatic rings. The van der Waals surface area contributed by atoms with Crippen molar-refractivity contribution in [3.8, 4) is 0 Å². The third kappa shape index (κ3) is 3.60. The Morgan fingerprint density at radius 3 is 2.79 bits per heavy atom. The molecule has 24 heavy (non-hydrogen) atoms. The number of hydrogen-bond acceptors (Lipinski definition) is 6. The van der Waals surface area contributed by atoms with Crippen LogP contribution in [0.5, 0.6) is 0 Å². The quantitative estimate of drug-likeness (QED) is 0.620. The van der Waals surface area contributed by atoms with Gasteiger partial charge in [0.2, 0.25) is 0 Å². The van der Waals surface area contributed by atoms with E-state index in [2.05, 4.69) is 20.2 Å². The first-order valence-electron chi connectivity index (χ1n) is 7.72. The Morgan fingerprint density at radius 1 is 1.29 bits per heavy atom. The van der Waals surface area contributed by atoms with Crippen molar-refractivity contribution in [3.63, 3.8) is 0 Å². The van der Waals surface area contributed by atoms with E-state index < -0.39 is 11.7 Å². The van der Waals surface area contributed by atoms with Crippen LogP contribution in [0.1, 0.15) is 16.2 Å². The normalized spacial score (nSPS) is 14.5. The van der Waals surface area contributed by atoms with Gasteiger partial charge in [-0.05, 0) is 12.1 Å². The number of anilines is 1. The van der Waals surface area contributed by atoms with E-state index in [1.807, 2.05) is 6.07 Å². The predicted molar refractivity (Wildman–Crippen MR) is 86.7 cm³/mol. The summed E-state index contributed by atoms with van der Waals surface area (Å²) in [6, 6.07) is 5.15. The molecule has 1 saturated heterocycles. The van der Waals surface area contributed by atoms with Crippen molar-refractivity contribution in [2.45, 2.75) is 6.54 Å². The molecule has 0 bridgehead atoms. The SMILES string of the molecule is Cn1cccc1C(=O)C(=O)NCc1cc(N2CCOCC2)ncn1. The van der Waals surface area contributed by atoms with Crippen molar-refractivity contribution in [3.05, 3.63) is 42.1 Å². The Labute approximate surface area is 139 Å². The first-order chi connectivity index (χ1) is 11.6. The Balaban J connectivity index is 1.61. The number of carbonyl (C=O) groups excluding carboxylic acids is 2. The Kier molecular flexibility index (Phi) is 4.85. The second-order valence-electron chi connectivity index (χ2n) is 5.48. The van der Waals surface area contributed by atoms with Gasteiger partial charge >= 0.3 is 0 Å². The van der Waals surface area contributed by atoms with Gasteiger partial charge in [-0.3, -0.25) is 9.59 Å². The van der Waals surface area contributed by atoms with Crippen LogP contribution in [-0.4, -0.2) is 52.5 Å². The van der Waals surface area contributed by atoms with Crippen LogP contribution in [-0.2, 0) is 23.1 Å². The van der Waals surface area contributed by atoms with Crippen molar-refractivity contribution >= 4 is 17.5 Å². The van der Waals surface area contributed by atoms with Crippen LogP contribution < -0.4 is 10.2 Å². The van der Waals surface area contributed by atoms with Crippen LogP contribution in [0.25, 0.3) is 0 Å². The van der Waals surface area contributed by atoms with Crippen LogP contribution in [0.3, 0.4) is 0 Å². The highest BCUT2D eigenvalue weighted by molar-refractivity contribution is 6.42. The Morgan fingerprint density at radius 2 is 2.08 bits per heavy atom. The minimum atomic E-state index is -0.650. The molecule has 1 N–H and O–H groups in total. The van der Waals surface area contributed by atoms with Gasteiger partial charge in [0, 0.05) is 32.4 Å². The maximum atomic E-state index is 12.1. The number of ether oxygens (including phenoxy) is 1. The summed E-state index contributed by atoms with van der Waals surface area (Å²) >= 11 is 0. The predicted octanol–water partition coefficient (Wildman–Crippen LogP) is 0.151. The van der Waals surface area contributed by atoms with Crippen molar-refractivity contribution < 1.29 is 14.3 Å². The number of nitrogens with one attached hydrogen (secondary N) is 1. The van der Waals surface area contributed by atoms with Crippen molar-refractivity contribution in [1.29, 1.82) is 0 Å². The topological polar surface area (TPSA) is 89.4 Å². The van der Waals surface area contributed by atoms with Crippen molar-refractivity contribution in [1.82, 2.24) is 19.9 Å². The van der Waals surface area contributed by atoms with E-state index >= 15 is 0 Å². The number of carbonyl (C=O) groups is 2. The standard InChI is InChI=1S/C16H19N5O3/c1-20-4-2-3-13(20)15(22)16(23)17-10-12-9-14(19-11-18-12)21-5-7-24-8-6-21/h2-4,9,11H,5-8,10H2,1H3,(H,17,23). The molecular weight excluding hydrogens is 310 g/mol. The van der Waals surface area contributed by atoms with Gasteiger partial charge in [-0.1, -0.05) is 0 Å². The second kappa shape index (κ2) is 7.22. The molecule has 1 fully saturated rings. The maximum absolute atomic E-state index is 12.1. The minimum absolute atomic E-state index is 0.175. The summed E-state index contributed by atoms with van der Waals surface area (Å²) in [5.74, 6) is -0.417. The van der Waals surface area contributed by atoms with Gasteiger partial charge < -0.3 is 19.5 Å². The summed E-state index contributed by atoms with van der Waals surface area (Å²) in [4.78, 5) is 34.6. The zero-order chi connectivity index (χ0) is 16.9. The average molecular weight is 329 g/mol. The third-order valence-corrected chi connectivity index (χ3v) is 3.86. The monoisotopic (exact) mass is 329 g/mol. The lowest BCUT2D eigenvalue weighted by Crippen LogP contribution is -2.37. The van der Waals surface area contributed by atoms with Gasteiger partial charge in [0.1, 0.15) is 12.1 Å². The number of aryl methyl sites for hydroxylation is 1. The zero-order valence-corrected chi connectivity index (χ0v) is 13.4. The van der Waals surface area contributed by atoms with Gasteiger partial charge in [0.15, 0.2) is 0 Å². The summed E-state index contributed by atoms with van der Waals surface area (Å²) in [5, 5.41) is 2.61. The Bertz CT molecular complexity index is 737. The maximum Gasteiger partial charge on any atom is 0.294 e. The van der Waals surface area contributed by atoms with Crippen LogP contribution in [0.2, 0.25) is 0 Å². The van der Waals surface area contributed by atoms with E-state index in [4.69, 9.17) is 4.74 Å². The summed E-state index contributed by atoms with van der Waals surface area (Å²) in [5.41, 5.74) is 1.00. The molecule has 126 valence electrons. The number of Topliss-reactive ketones (excluding diaryl/α,β-unsaturated/α-hetero) is 1. The lowest BCUT2D eigenvalue weighted by Gasteiger charge is -2.27. The average Bonchev–Trinajstić information content (AvgIpc) is 3.06. The summed E-state index contributed by atoms with van der Waals surface area (Å²) in [7, 11) is 1.72. The van der Waals surface area contributed by atoms with E-state index in [0.717, 1.165) is 18.9 Å². The molecule has 0 spiro atoms. The largest absolute Gasteiger partial charge is 0.378 e. The van der Waals surface area contributed by atoms with E-state index in [9.17, 15) is 9.59 Å². The van der Waals surface area contributed by atoms with Crippen molar-refractivity contribution in [2.75, 3.05) is 31.2 Å². The molecule has 0 saturated carbocycles. The fraction of sp³-hybridized carbons (Fsp3) is 0.375. The third-order valence-electron chi connectivity index (χ3n) is 3.86. The van der Waals surface area contributed by atoms with Crippen LogP contribution in [0, 0.1) is 0 Å². The summed E-state index contributed by atoms with van der Waals surface area (Å²) in [6.07, 6.45) is 3.19. The summed E-state index contributed by atoms with van der Waals surface area (Å²) in [6.45, 7) is 3.06. The molecule has 2 aromatic rings. The molecule has 1 aliphatic heterocycles. The van der Waals surface area contributed by atoms with Crippen molar-refractivity contribution in [2.24, 2.45) is 7.05 Å². The van der Waals surface area contributed by atoms with E-state index in [1.54, 1.807) is 29.9 Å². The number of ketones is 1. The lowest BCUT2D eigenvalue weighted by molar-refractivity contribution is -0.117. The Hall–Kier alpha value is -2.74. The molecule has 8 heteroatoms. The highest BCUT2D eigenvalue weighted by atomic mass is 16.5. The first kappa shape index (κ1) is 16.1. The molecular formula is C16H19N5O3. The van der Waals surface area contributed by atoms with Gasteiger partial charge in [-0.15, -0.1) is 0 Å². The molecule has 8 nitrogen and oxygen atoms in total. The first-order valence-corrected chi connectivity index (χ1v) is 7.72. The van der Waals surface area contributed by atoms with Crippen LogP contribution in [0.15, 0.2) is 30.7 Å². The lowest BCUT2D eigenvalue weighted by atomic mass is 10.2. The van der Waals surface area contributed by atoms with Crippen LogP contribution in [0.4, 0.5) is 5.82 Å². The number of rotatable bonds is 5. The molecule has 0 atom stereocenters. The molecule has 3 heterocycles. The number of amides is 1. The number of hydrogen-bond donors (Lipinski definition) is 1. The smallest absolute Gasteiger partial charge is 0.294 e. The zero-order valence-electron chi connectivity index (χ0n) is 13.4. The molecule has 0 aromatic carbocycles. The van der Waals surface area contributed by atoms with E-state index in [1.165, 1.54) is 6.33 Å². The molecule has 1 amide bonds. The molecule has 0 unspecified atom stereocenters. The van der Waals surface area contributed by atoms with E-state index in [-0.39, 0.29) is 6.54 Å². The molecule has 2 aromatic heterocycles. The molecule has 0 radical (unpaired) electrons. The minimum Gasteiger partial charge on any atom is -0.378 e.